The number of rotatable bonds is 1. The molecule has 0 fully saturated rings. The van der Waals surface area contributed by atoms with Crippen LogP contribution in [0.3, 0.4) is 0 Å². The zero-order valence-corrected chi connectivity index (χ0v) is 8.45. The second-order valence-electron chi connectivity index (χ2n) is 2.47. The van der Waals surface area contributed by atoms with E-state index in [0.717, 1.165) is 15.0 Å². The summed E-state index contributed by atoms with van der Waals surface area (Å²) in [7, 11) is 0. The molecule has 2 rings (SSSR count). The molecule has 0 radical (unpaired) electrons. The molecule has 0 bridgehead atoms. The summed E-state index contributed by atoms with van der Waals surface area (Å²) in [5.74, 6) is 0. The highest BCUT2D eigenvalue weighted by atomic mass is 127. The van der Waals surface area contributed by atoms with Gasteiger partial charge in [-0.25, -0.2) is 0 Å². The second kappa shape index (κ2) is 3.26. The van der Waals surface area contributed by atoms with Gasteiger partial charge in [-0.05, 0) is 28.7 Å². The monoisotopic (exact) mass is 270 g/mol. The Morgan fingerprint density at radius 2 is 1.92 bits per heavy atom. The van der Waals surface area contributed by atoms with E-state index in [9.17, 15) is 0 Å². The predicted molar refractivity (Wildman–Crippen MR) is 56.7 cm³/mol. The first kappa shape index (κ1) is 7.79. The third-order valence-corrected chi connectivity index (χ3v) is 2.17. The van der Waals surface area contributed by atoms with Crippen LogP contribution in [-0.4, -0.2) is 10.2 Å². The minimum Gasteiger partial charge on any atom is -0.272 e. The molecular formula is C9H7IN2. The molecule has 2 aromatic rings. The Hall–Kier alpha value is -0.840. The van der Waals surface area contributed by atoms with Gasteiger partial charge < -0.3 is 0 Å². The van der Waals surface area contributed by atoms with E-state index in [1.807, 2.05) is 36.4 Å². The molecule has 60 valence electrons. The number of halogens is 1. The van der Waals surface area contributed by atoms with Gasteiger partial charge in [0.1, 0.15) is 0 Å². The lowest BCUT2D eigenvalue weighted by Crippen LogP contribution is -1.75. The van der Waals surface area contributed by atoms with Crippen molar-refractivity contribution in [3.8, 4) is 11.3 Å². The summed E-state index contributed by atoms with van der Waals surface area (Å²) in [6.45, 7) is 0. The highest BCUT2D eigenvalue weighted by Gasteiger charge is 1.99. The maximum absolute atomic E-state index is 4.15. The number of nitrogens with zero attached hydrogens (tertiary/aromatic N) is 1. The molecule has 0 atom stereocenters. The summed E-state index contributed by atoms with van der Waals surface area (Å²) < 4.78 is 1.06. The van der Waals surface area contributed by atoms with Crippen LogP contribution in [-0.2, 0) is 0 Å². The molecule has 0 saturated carbocycles. The minimum atomic E-state index is 1.00. The van der Waals surface area contributed by atoms with E-state index in [1.54, 1.807) is 0 Å². The molecular weight excluding hydrogens is 263 g/mol. The highest BCUT2D eigenvalue weighted by molar-refractivity contribution is 14.1. The first-order valence-electron chi connectivity index (χ1n) is 3.62. The summed E-state index contributed by atoms with van der Waals surface area (Å²) >= 11 is 2.21. The smallest absolute Gasteiger partial charge is 0.0964 e. The van der Waals surface area contributed by atoms with E-state index in [1.165, 1.54) is 0 Å². The van der Waals surface area contributed by atoms with E-state index < -0.39 is 0 Å². The first-order chi connectivity index (χ1) is 5.86. The molecule has 0 saturated heterocycles. The molecule has 0 aliphatic heterocycles. The molecule has 1 aromatic carbocycles. The van der Waals surface area contributed by atoms with Gasteiger partial charge in [0, 0.05) is 5.56 Å². The van der Waals surface area contributed by atoms with Crippen LogP contribution < -0.4 is 0 Å². The molecule has 12 heavy (non-hydrogen) atoms. The highest BCUT2D eigenvalue weighted by Crippen LogP contribution is 2.17. The van der Waals surface area contributed by atoms with Crippen molar-refractivity contribution in [3.05, 3.63) is 40.1 Å². The largest absolute Gasteiger partial charge is 0.272 e. The number of H-pyrrole nitrogens is 1. The Morgan fingerprint density at radius 3 is 2.50 bits per heavy atom. The van der Waals surface area contributed by atoms with Gasteiger partial charge in [0.25, 0.3) is 0 Å². The van der Waals surface area contributed by atoms with Crippen LogP contribution >= 0.6 is 22.6 Å². The van der Waals surface area contributed by atoms with E-state index in [-0.39, 0.29) is 0 Å². The standard InChI is InChI=1S/C9H7IN2/c10-9-6-8(11-12-9)7-4-2-1-3-5-7/h1-6H,(H,11,12). The van der Waals surface area contributed by atoms with Crippen molar-refractivity contribution in [2.45, 2.75) is 0 Å². The van der Waals surface area contributed by atoms with Crippen molar-refractivity contribution in [2.24, 2.45) is 0 Å². The van der Waals surface area contributed by atoms with Crippen LogP contribution in [0, 0.1) is 3.70 Å². The van der Waals surface area contributed by atoms with Gasteiger partial charge >= 0.3 is 0 Å². The summed E-state index contributed by atoms with van der Waals surface area (Å²) in [6, 6.07) is 12.1. The lowest BCUT2D eigenvalue weighted by atomic mass is 10.2. The normalized spacial score (nSPS) is 10.1. The average Bonchev–Trinajstić information content (AvgIpc) is 2.54. The number of aromatic nitrogens is 2. The molecule has 1 aromatic heterocycles. The van der Waals surface area contributed by atoms with Gasteiger partial charge in [-0.2, -0.15) is 5.10 Å². The third kappa shape index (κ3) is 1.50. The molecule has 0 aliphatic carbocycles. The van der Waals surface area contributed by atoms with Gasteiger partial charge in [-0.15, -0.1) is 0 Å². The van der Waals surface area contributed by atoms with E-state index in [2.05, 4.69) is 32.8 Å². The van der Waals surface area contributed by atoms with E-state index in [0.29, 0.717) is 0 Å². The van der Waals surface area contributed by atoms with Gasteiger partial charge in [0.15, 0.2) is 0 Å². The Kier molecular flexibility index (Phi) is 2.12. The number of benzene rings is 1. The van der Waals surface area contributed by atoms with Crippen molar-refractivity contribution in [2.75, 3.05) is 0 Å². The fourth-order valence-corrected chi connectivity index (χ4v) is 1.47. The summed E-state index contributed by atoms with van der Waals surface area (Å²) in [6.07, 6.45) is 0. The van der Waals surface area contributed by atoms with Crippen LogP contribution in [0.15, 0.2) is 36.4 Å². The Morgan fingerprint density at radius 1 is 1.17 bits per heavy atom. The number of hydrogen-bond acceptors (Lipinski definition) is 1. The van der Waals surface area contributed by atoms with Crippen molar-refractivity contribution in [1.29, 1.82) is 0 Å². The number of aromatic amines is 1. The lowest BCUT2D eigenvalue weighted by molar-refractivity contribution is 1.07. The Balaban J connectivity index is 2.45. The maximum Gasteiger partial charge on any atom is 0.0964 e. The van der Waals surface area contributed by atoms with E-state index in [4.69, 9.17) is 0 Å². The van der Waals surface area contributed by atoms with Crippen molar-refractivity contribution in [1.82, 2.24) is 10.2 Å². The molecule has 0 unspecified atom stereocenters. The lowest BCUT2D eigenvalue weighted by Gasteiger charge is -1.91. The topological polar surface area (TPSA) is 28.7 Å². The average molecular weight is 270 g/mol. The van der Waals surface area contributed by atoms with E-state index >= 15 is 0 Å². The molecule has 3 heteroatoms. The quantitative estimate of drug-likeness (QED) is 0.793. The maximum atomic E-state index is 4.15. The van der Waals surface area contributed by atoms with Gasteiger partial charge in [0.2, 0.25) is 0 Å². The number of hydrogen-bond donors (Lipinski definition) is 1. The van der Waals surface area contributed by atoms with Crippen LogP contribution in [0.2, 0.25) is 0 Å². The van der Waals surface area contributed by atoms with Crippen LogP contribution in [0.5, 0.6) is 0 Å². The molecule has 1 N–H and O–H groups in total. The summed E-state index contributed by atoms with van der Waals surface area (Å²) in [4.78, 5) is 0. The van der Waals surface area contributed by atoms with Gasteiger partial charge in [-0.1, -0.05) is 30.3 Å². The Labute approximate surface area is 84.1 Å². The van der Waals surface area contributed by atoms with Crippen molar-refractivity contribution < 1.29 is 0 Å². The van der Waals surface area contributed by atoms with Gasteiger partial charge in [-0.3, -0.25) is 5.10 Å². The molecule has 0 amide bonds. The zero-order valence-electron chi connectivity index (χ0n) is 6.29. The third-order valence-electron chi connectivity index (χ3n) is 1.62. The van der Waals surface area contributed by atoms with Crippen LogP contribution in [0.1, 0.15) is 0 Å². The van der Waals surface area contributed by atoms with Crippen molar-refractivity contribution >= 4 is 22.6 Å². The zero-order chi connectivity index (χ0) is 8.39. The van der Waals surface area contributed by atoms with Crippen molar-refractivity contribution in [3.63, 3.8) is 0 Å². The molecule has 0 aliphatic rings. The summed E-state index contributed by atoms with van der Waals surface area (Å²) in [5, 5.41) is 7.06. The summed E-state index contributed by atoms with van der Waals surface area (Å²) in [5.41, 5.74) is 2.15. The second-order valence-corrected chi connectivity index (χ2v) is 3.63. The van der Waals surface area contributed by atoms with Gasteiger partial charge in [0.05, 0.1) is 9.39 Å². The minimum absolute atomic E-state index is 1.00. The molecule has 1 heterocycles. The van der Waals surface area contributed by atoms with Crippen LogP contribution in [0.4, 0.5) is 0 Å². The fourth-order valence-electron chi connectivity index (χ4n) is 1.06. The number of nitrogens with one attached hydrogen (secondary N) is 1. The molecule has 0 spiro atoms. The Bertz CT molecular complexity index is 367. The van der Waals surface area contributed by atoms with Crippen LogP contribution in [0.25, 0.3) is 11.3 Å². The first-order valence-corrected chi connectivity index (χ1v) is 4.70. The predicted octanol–water partition coefficient (Wildman–Crippen LogP) is 2.68. The SMILES string of the molecule is Ic1cc(-c2ccccc2)n[nH]1. The fraction of sp³-hybridized carbons (Fsp3) is 0. The molecule has 2 nitrogen and oxygen atoms in total.